The van der Waals surface area contributed by atoms with Crippen LogP contribution in [0.4, 0.5) is 0 Å². The van der Waals surface area contributed by atoms with Crippen molar-refractivity contribution in [1.29, 1.82) is 0 Å². The lowest BCUT2D eigenvalue weighted by molar-refractivity contribution is -0.148. The Labute approximate surface area is 188 Å². The summed E-state index contributed by atoms with van der Waals surface area (Å²) in [5.41, 5.74) is 4.15. The molecule has 3 aliphatic rings. The number of amides is 2. The minimum Gasteiger partial charge on any atom is -0.467 e. The molecule has 10 heteroatoms. The van der Waals surface area contributed by atoms with Crippen molar-refractivity contribution in [3.63, 3.8) is 0 Å². The molecule has 2 amide bonds. The highest BCUT2D eigenvalue weighted by Crippen LogP contribution is 2.44. The van der Waals surface area contributed by atoms with Crippen molar-refractivity contribution >= 4 is 35.3 Å². The molecule has 33 heavy (non-hydrogen) atoms. The van der Waals surface area contributed by atoms with E-state index < -0.39 is 24.5 Å². The SMILES string of the molecule is O=C1CCC(C(=O)OCC(=O)N2N=C3/C(=C\c4ccco4)CCCC3C2c2ccco2)=NN1. The maximum Gasteiger partial charge on any atom is 0.355 e. The largest absolute Gasteiger partial charge is 0.467 e. The highest BCUT2D eigenvalue weighted by atomic mass is 16.5. The van der Waals surface area contributed by atoms with Gasteiger partial charge in [0.15, 0.2) is 6.61 Å². The topological polar surface area (TPSA) is 127 Å². The number of allylic oxidation sites excluding steroid dienone is 1. The lowest BCUT2D eigenvalue weighted by Gasteiger charge is -2.27. The summed E-state index contributed by atoms with van der Waals surface area (Å²) in [5.74, 6) is -0.162. The number of nitrogens with one attached hydrogen (secondary N) is 1. The number of ether oxygens (including phenoxy) is 1. The van der Waals surface area contributed by atoms with Gasteiger partial charge >= 0.3 is 5.97 Å². The average molecular weight is 450 g/mol. The molecule has 2 unspecified atom stereocenters. The maximum atomic E-state index is 13.1. The zero-order valence-electron chi connectivity index (χ0n) is 17.7. The number of furan rings is 2. The number of hydrazone groups is 2. The number of hydrogen-bond acceptors (Lipinski definition) is 8. The molecule has 170 valence electrons. The number of carbonyl (C=O) groups excluding carboxylic acids is 3. The van der Waals surface area contributed by atoms with Crippen LogP contribution < -0.4 is 5.43 Å². The standard InChI is InChI=1S/C23H22N4O6/c28-19-9-8-17(24-25-19)23(30)33-13-20(29)27-22(18-7-3-11-32-18)16-6-1-4-14(21(16)26-27)12-15-5-2-10-31-15/h2-3,5,7,10-12,16,22H,1,4,6,8-9,13H2,(H,25,28)/b14-12-. The summed E-state index contributed by atoms with van der Waals surface area (Å²) in [6, 6.07) is 6.86. The molecule has 2 atom stereocenters. The van der Waals surface area contributed by atoms with E-state index in [0.717, 1.165) is 36.3 Å². The third-order valence-corrected chi connectivity index (χ3v) is 5.92. The molecule has 1 fully saturated rings. The van der Waals surface area contributed by atoms with Crippen LogP contribution in [0.2, 0.25) is 0 Å². The quantitative estimate of drug-likeness (QED) is 0.698. The summed E-state index contributed by atoms with van der Waals surface area (Å²) in [6.45, 7) is -0.496. The Morgan fingerprint density at radius 3 is 2.76 bits per heavy atom. The van der Waals surface area contributed by atoms with Crippen molar-refractivity contribution < 1.29 is 28.0 Å². The Morgan fingerprint density at radius 2 is 2.03 bits per heavy atom. The highest BCUT2D eigenvalue weighted by molar-refractivity contribution is 6.37. The number of esters is 1. The van der Waals surface area contributed by atoms with Crippen molar-refractivity contribution in [2.24, 2.45) is 16.1 Å². The molecule has 0 bridgehead atoms. The van der Waals surface area contributed by atoms with Crippen LogP contribution in [-0.4, -0.2) is 40.8 Å². The van der Waals surface area contributed by atoms with E-state index in [-0.39, 0.29) is 30.4 Å². The Balaban J connectivity index is 1.37. The normalized spacial score (nSPS) is 23.6. The van der Waals surface area contributed by atoms with E-state index in [9.17, 15) is 14.4 Å². The lowest BCUT2D eigenvalue weighted by atomic mass is 9.79. The van der Waals surface area contributed by atoms with Gasteiger partial charge in [-0.1, -0.05) is 0 Å². The van der Waals surface area contributed by atoms with Gasteiger partial charge in [0.05, 0.1) is 18.2 Å². The first kappa shape index (κ1) is 20.9. The van der Waals surface area contributed by atoms with Crippen LogP contribution >= 0.6 is 0 Å². The molecule has 2 aromatic heterocycles. The minimum atomic E-state index is -0.736. The fourth-order valence-corrected chi connectivity index (χ4v) is 4.39. The van der Waals surface area contributed by atoms with Crippen LogP contribution in [0.25, 0.3) is 6.08 Å². The average Bonchev–Trinajstić information content (AvgIpc) is 3.58. The summed E-state index contributed by atoms with van der Waals surface area (Å²) in [7, 11) is 0. The third-order valence-electron chi connectivity index (χ3n) is 5.92. The third kappa shape index (κ3) is 4.23. The van der Waals surface area contributed by atoms with Crippen molar-refractivity contribution in [2.45, 2.75) is 38.1 Å². The molecule has 0 spiro atoms. The molecule has 1 saturated carbocycles. The molecular weight excluding hydrogens is 428 g/mol. The van der Waals surface area contributed by atoms with E-state index in [1.165, 1.54) is 5.01 Å². The van der Waals surface area contributed by atoms with Crippen LogP contribution in [0, 0.1) is 5.92 Å². The van der Waals surface area contributed by atoms with Crippen molar-refractivity contribution in [3.05, 3.63) is 53.9 Å². The number of rotatable bonds is 5. The lowest BCUT2D eigenvalue weighted by Crippen LogP contribution is -2.36. The molecule has 2 aliphatic heterocycles. The first-order valence-corrected chi connectivity index (χ1v) is 10.8. The summed E-state index contributed by atoms with van der Waals surface area (Å²) in [6.07, 6.45) is 8.06. The Bertz CT molecular complexity index is 1150. The van der Waals surface area contributed by atoms with Crippen LogP contribution in [0.15, 0.2) is 61.4 Å². The molecule has 0 saturated heterocycles. The van der Waals surface area contributed by atoms with Crippen LogP contribution in [0.3, 0.4) is 0 Å². The van der Waals surface area contributed by atoms with Gasteiger partial charge in [0, 0.05) is 18.8 Å². The zero-order valence-corrected chi connectivity index (χ0v) is 17.7. The summed E-state index contributed by atoms with van der Waals surface area (Å²) in [5, 5.41) is 9.73. The monoisotopic (exact) mass is 450 g/mol. The van der Waals surface area contributed by atoms with Gasteiger partial charge in [0.2, 0.25) is 5.91 Å². The van der Waals surface area contributed by atoms with E-state index in [2.05, 4.69) is 15.6 Å². The van der Waals surface area contributed by atoms with E-state index in [4.69, 9.17) is 13.6 Å². The second kappa shape index (κ2) is 8.89. The van der Waals surface area contributed by atoms with Crippen LogP contribution in [-0.2, 0) is 19.1 Å². The molecule has 5 rings (SSSR count). The Morgan fingerprint density at radius 1 is 1.18 bits per heavy atom. The van der Waals surface area contributed by atoms with Crippen molar-refractivity contribution in [1.82, 2.24) is 10.4 Å². The number of carbonyl (C=O) groups is 3. The fraction of sp³-hybridized carbons (Fsp3) is 0.348. The summed E-state index contributed by atoms with van der Waals surface area (Å²) in [4.78, 5) is 36.6. The van der Waals surface area contributed by atoms with Crippen LogP contribution in [0.1, 0.15) is 49.7 Å². The molecule has 10 nitrogen and oxygen atoms in total. The van der Waals surface area contributed by atoms with E-state index >= 15 is 0 Å². The molecule has 2 aromatic rings. The molecular formula is C23H22N4O6. The molecule has 1 N–H and O–H groups in total. The highest BCUT2D eigenvalue weighted by Gasteiger charge is 2.45. The van der Waals surface area contributed by atoms with Gasteiger partial charge in [0.1, 0.15) is 23.3 Å². The summed E-state index contributed by atoms with van der Waals surface area (Å²) >= 11 is 0. The van der Waals surface area contributed by atoms with Gasteiger partial charge in [-0.25, -0.2) is 15.2 Å². The van der Waals surface area contributed by atoms with Crippen molar-refractivity contribution in [2.75, 3.05) is 6.61 Å². The van der Waals surface area contributed by atoms with Crippen LogP contribution in [0.5, 0.6) is 0 Å². The van der Waals surface area contributed by atoms with E-state index in [1.807, 2.05) is 24.3 Å². The van der Waals surface area contributed by atoms with Crippen molar-refractivity contribution in [3.8, 4) is 0 Å². The smallest absolute Gasteiger partial charge is 0.355 e. The Kier molecular flexibility index (Phi) is 5.64. The second-order valence-corrected chi connectivity index (χ2v) is 8.04. The van der Waals surface area contributed by atoms with Gasteiger partial charge < -0.3 is 13.6 Å². The first-order valence-electron chi connectivity index (χ1n) is 10.8. The number of hydrogen-bond donors (Lipinski definition) is 1. The van der Waals surface area contributed by atoms with Gasteiger partial charge in [-0.2, -0.15) is 10.2 Å². The van der Waals surface area contributed by atoms with E-state index in [1.54, 1.807) is 18.6 Å². The molecule has 4 heterocycles. The van der Waals surface area contributed by atoms with Gasteiger partial charge in [-0.05, 0) is 55.2 Å². The summed E-state index contributed by atoms with van der Waals surface area (Å²) < 4.78 is 16.3. The number of fused-ring (bicyclic) bond motifs is 1. The first-order chi connectivity index (χ1) is 16.1. The van der Waals surface area contributed by atoms with Gasteiger partial charge in [-0.3, -0.25) is 9.59 Å². The van der Waals surface area contributed by atoms with E-state index in [0.29, 0.717) is 5.76 Å². The predicted octanol–water partition coefficient (Wildman–Crippen LogP) is 2.80. The van der Waals surface area contributed by atoms with Gasteiger partial charge in [0.25, 0.3) is 5.91 Å². The van der Waals surface area contributed by atoms with Gasteiger partial charge in [-0.15, -0.1) is 0 Å². The minimum absolute atomic E-state index is 0.0382. The molecule has 1 aliphatic carbocycles. The molecule has 0 aromatic carbocycles. The Hall–Kier alpha value is -3.95. The zero-order chi connectivity index (χ0) is 22.8. The number of nitrogens with zero attached hydrogens (tertiary/aromatic N) is 3. The maximum absolute atomic E-state index is 13.1. The predicted molar refractivity (Wildman–Crippen MR) is 116 cm³/mol. The second-order valence-electron chi connectivity index (χ2n) is 8.04. The molecule has 0 radical (unpaired) electrons. The fourth-order valence-electron chi connectivity index (χ4n) is 4.39.